The van der Waals surface area contributed by atoms with Gasteiger partial charge in [0.1, 0.15) is 0 Å². The molecule has 0 unspecified atom stereocenters. The average Bonchev–Trinajstić information content (AvgIpc) is 1.54. The van der Waals surface area contributed by atoms with Gasteiger partial charge in [-0.2, -0.15) is 0 Å². The molecule has 0 heterocycles. The summed E-state index contributed by atoms with van der Waals surface area (Å²) in [6.45, 7) is 0. The Bertz CT molecular complexity index is 43.1. The molecule has 72 valence electrons. The van der Waals surface area contributed by atoms with Crippen LogP contribution in [0.2, 0.25) is 0 Å². The van der Waals surface area contributed by atoms with E-state index in [0.29, 0.717) is 0 Å². The number of hydrogen-bond acceptors (Lipinski definition) is 9. The van der Waals surface area contributed by atoms with Crippen molar-refractivity contribution in [3.63, 3.8) is 0 Å². The molecule has 0 aromatic carbocycles. The van der Waals surface area contributed by atoms with Crippen LogP contribution in [-0.4, -0.2) is 47.2 Å². The van der Waals surface area contributed by atoms with Crippen molar-refractivity contribution in [1.29, 1.82) is 0 Å². The number of hydrogen-bond donors (Lipinski definition) is 0. The van der Waals surface area contributed by atoms with Crippen molar-refractivity contribution < 1.29 is 45.2 Å². The molecule has 0 fully saturated rings. The van der Waals surface area contributed by atoms with E-state index in [4.69, 9.17) is 45.2 Å². The molecule has 0 bridgehead atoms. The second kappa shape index (κ2) is 29.2. The fourth-order valence-electron chi connectivity index (χ4n) is 0. The van der Waals surface area contributed by atoms with Crippen molar-refractivity contribution in [2.45, 2.75) is 0 Å². The van der Waals surface area contributed by atoms with Crippen LogP contribution in [0.1, 0.15) is 0 Å². The molecular weight excluding hydrogens is 209 g/mol. The second-order valence-electron chi connectivity index (χ2n) is 0.866. The van der Waals surface area contributed by atoms with Gasteiger partial charge in [-0.05, 0) is 0 Å². The first kappa shape index (κ1) is 36.3. The topological polar surface area (TPSA) is 208 Å². The van der Waals surface area contributed by atoms with Crippen LogP contribution in [0.3, 0.4) is 0 Å². The predicted molar refractivity (Wildman–Crippen MR) is 34.5 cm³/mol. The third-order valence-corrected chi connectivity index (χ3v) is 0. The Morgan fingerprint density at radius 3 is 0.333 bits per heavy atom. The van der Waals surface area contributed by atoms with Crippen LogP contribution in [0.25, 0.3) is 0 Å². The van der Waals surface area contributed by atoms with E-state index in [9.17, 15) is 0 Å². The van der Waals surface area contributed by atoms with Gasteiger partial charge < -0.3 is 45.2 Å². The first-order valence-corrected chi connectivity index (χ1v) is 2.12. The molecule has 0 saturated carbocycles. The fourth-order valence-corrected chi connectivity index (χ4v) is 0. The first-order chi connectivity index (χ1) is 5.20. The summed E-state index contributed by atoms with van der Waals surface area (Å²) >= 11 is 0. The zero-order chi connectivity index (χ0) is 10.7. The molecule has 0 saturated heterocycles. The summed E-state index contributed by atoms with van der Waals surface area (Å²) in [5, 5.41) is 75.8. The number of rotatable bonds is 0. The summed E-state index contributed by atoms with van der Waals surface area (Å²) in [5.41, 5.74) is 0. The minimum absolute atomic E-state index is 0. The Hall–Kier alpha value is 0.0296. The van der Waals surface area contributed by atoms with Crippen LogP contribution in [0.4, 0.5) is 0 Å². The third-order valence-electron chi connectivity index (χ3n) is 0. The molecule has 0 spiro atoms. The summed E-state index contributed by atoms with van der Waals surface area (Å²) in [6.07, 6.45) is 0. The summed E-state index contributed by atoms with van der Waals surface area (Å²) in [7, 11) is -8.75. The molecule has 15 heavy (non-hydrogen) atoms. The molecule has 9 nitrogen and oxygen atoms in total. The van der Waals surface area contributed by atoms with Crippen molar-refractivity contribution in [2.75, 3.05) is 0 Å². The Labute approximate surface area is 93.3 Å². The second-order valence-corrected chi connectivity index (χ2v) is 0.866. The molecular formula is B6O9. The Morgan fingerprint density at radius 2 is 0.333 bits per heavy atom. The van der Waals surface area contributed by atoms with E-state index in [-0.39, 0.29) is 25.2 Å². The molecule has 0 aromatic rings. The standard InChI is InChI=1S/3BO3.3B/c3*2-1(3)4;;;/q3*-3;3*+3. The minimum atomic E-state index is -2.92. The fraction of sp³-hybridized carbons (Fsp3) is 0. The molecule has 0 aliphatic carbocycles. The normalized spacial score (nSPS) is 5.40. The summed E-state index contributed by atoms with van der Waals surface area (Å²) in [6, 6.07) is 0. The van der Waals surface area contributed by atoms with Crippen LogP contribution in [0.15, 0.2) is 0 Å². The van der Waals surface area contributed by atoms with Gasteiger partial charge in [-0.3, -0.25) is 22.0 Å². The van der Waals surface area contributed by atoms with Crippen LogP contribution >= 0.6 is 0 Å². The average molecular weight is 209 g/mol. The van der Waals surface area contributed by atoms with E-state index < -0.39 is 22.0 Å². The maximum atomic E-state index is 8.42. The molecule has 0 aromatic heterocycles. The van der Waals surface area contributed by atoms with Gasteiger partial charge in [-0.25, -0.2) is 0 Å². The van der Waals surface area contributed by atoms with E-state index in [1.54, 1.807) is 0 Å². The van der Waals surface area contributed by atoms with Crippen LogP contribution < -0.4 is 45.2 Å². The van der Waals surface area contributed by atoms with Gasteiger partial charge in [-0.15, -0.1) is 0 Å². The summed E-state index contributed by atoms with van der Waals surface area (Å²) < 4.78 is 0. The van der Waals surface area contributed by atoms with Crippen molar-refractivity contribution in [1.82, 2.24) is 0 Å². The van der Waals surface area contributed by atoms with Gasteiger partial charge in [0.05, 0.1) is 0 Å². The van der Waals surface area contributed by atoms with E-state index >= 15 is 0 Å². The molecule has 0 amide bonds. The monoisotopic (exact) mass is 210 g/mol. The van der Waals surface area contributed by atoms with E-state index in [1.165, 1.54) is 0 Å². The van der Waals surface area contributed by atoms with E-state index in [1.807, 2.05) is 0 Å². The van der Waals surface area contributed by atoms with Crippen LogP contribution in [0.5, 0.6) is 0 Å². The van der Waals surface area contributed by atoms with Gasteiger partial charge in [0, 0.05) is 0 Å². The molecule has 15 heteroatoms. The van der Waals surface area contributed by atoms with Crippen LogP contribution in [-0.2, 0) is 0 Å². The van der Waals surface area contributed by atoms with Crippen molar-refractivity contribution in [3.05, 3.63) is 0 Å². The summed E-state index contributed by atoms with van der Waals surface area (Å²) in [5.74, 6) is 0. The van der Waals surface area contributed by atoms with Crippen LogP contribution in [0, 0.1) is 0 Å². The van der Waals surface area contributed by atoms with Crippen molar-refractivity contribution in [2.24, 2.45) is 0 Å². The first-order valence-electron chi connectivity index (χ1n) is 2.12. The van der Waals surface area contributed by atoms with Gasteiger partial charge in [-0.1, -0.05) is 0 Å². The Kier molecular flexibility index (Phi) is 70.7. The van der Waals surface area contributed by atoms with Crippen molar-refractivity contribution in [3.8, 4) is 0 Å². The quantitative estimate of drug-likeness (QED) is 0.346. The molecule has 0 rings (SSSR count). The van der Waals surface area contributed by atoms with Gasteiger partial charge in [0.25, 0.3) is 0 Å². The Morgan fingerprint density at radius 1 is 0.333 bits per heavy atom. The summed E-state index contributed by atoms with van der Waals surface area (Å²) in [4.78, 5) is 0. The third kappa shape index (κ3) is 2320000. The van der Waals surface area contributed by atoms with Gasteiger partial charge in [0.15, 0.2) is 0 Å². The largest absolute Gasteiger partial charge is 3.00 e. The van der Waals surface area contributed by atoms with Crippen molar-refractivity contribution >= 4 is 47.2 Å². The zero-order valence-corrected chi connectivity index (χ0v) is 7.14. The molecule has 0 aliphatic rings. The smallest absolute Gasteiger partial charge is 0.907 e. The van der Waals surface area contributed by atoms with E-state index in [2.05, 4.69) is 0 Å². The minimum Gasteiger partial charge on any atom is -0.907 e. The molecule has 0 N–H and O–H groups in total. The SMILES string of the molecule is [B+3].[B+3].[B+3].[O-]B([O-])[O-].[O-]B([O-])[O-].[O-]B([O-])[O-]. The van der Waals surface area contributed by atoms with E-state index in [0.717, 1.165) is 0 Å². The molecule has 0 atom stereocenters. The molecule has 0 radical (unpaired) electrons. The Balaban J connectivity index is -0.0000000184. The molecule has 0 aliphatic heterocycles. The van der Waals surface area contributed by atoms with Gasteiger partial charge in [0.2, 0.25) is 0 Å². The van der Waals surface area contributed by atoms with Gasteiger partial charge >= 0.3 is 25.2 Å². The maximum Gasteiger partial charge on any atom is 3.00 e. The zero-order valence-electron chi connectivity index (χ0n) is 7.14. The predicted octanol–water partition coefficient (Wildman–Crippen LogP) is -13.0. The maximum absolute atomic E-state index is 8.42.